The van der Waals surface area contributed by atoms with Crippen molar-refractivity contribution in [3.63, 3.8) is 0 Å². The van der Waals surface area contributed by atoms with Gasteiger partial charge >= 0.3 is 0 Å². The summed E-state index contributed by atoms with van der Waals surface area (Å²) in [7, 11) is 0. The number of piperidine rings is 1. The maximum absolute atomic E-state index is 13.0. The summed E-state index contributed by atoms with van der Waals surface area (Å²) in [4.78, 5) is 14.0. The Morgan fingerprint density at radius 3 is 2.20 bits per heavy atom. The predicted molar refractivity (Wildman–Crippen MR) is 118 cm³/mol. The standard InChI is InChI=1S/C26H27FN2O/c27-24-10-12-25(13-11-24)28-26(30)23-8-6-22(7-9-23)19-29-16-14-21(15-17-29)18-20-4-2-1-3-5-20/h1-13,21H,14-19H2,(H,28,30)/p+1. The number of likely N-dealkylation sites (tertiary alicyclic amines) is 1. The molecule has 1 fully saturated rings. The van der Waals surface area contributed by atoms with Crippen molar-refractivity contribution in [3.8, 4) is 0 Å². The largest absolute Gasteiger partial charge is 0.331 e. The van der Waals surface area contributed by atoms with E-state index in [9.17, 15) is 9.18 Å². The molecule has 3 aromatic carbocycles. The van der Waals surface area contributed by atoms with E-state index in [1.54, 1.807) is 17.0 Å². The fraction of sp³-hybridized carbons (Fsp3) is 0.269. The lowest BCUT2D eigenvalue weighted by Gasteiger charge is -2.29. The Hall–Kier alpha value is -2.98. The second-order valence-corrected chi connectivity index (χ2v) is 8.22. The Morgan fingerprint density at radius 1 is 0.867 bits per heavy atom. The first-order valence-corrected chi connectivity index (χ1v) is 10.7. The minimum Gasteiger partial charge on any atom is -0.331 e. The van der Waals surface area contributed by atoms with Gasteiger partial charge in [0.2, 0.25) is 0 Å². The average Bonchev–Trinajstić information content (AvgIpc) is 2.78. The number of benzene rings is 3. The SMILES string of the molecule is O=C(Nc1ccc(F)cc1)c1ccc(C[NH+]2CCC(Cc3ccccc3)CC2)cc1. The molecule has 3 aromatic rings. The third-order valence-electron chi connectivity index (χ3n) is 5.95. The van der Waals surface area contributed by atoms with Crippen LogP contribution in [0.1, 0.15) is 34.3 Å². The number of rotatable bonds is 6. The van der Waals surface area contributed by atoms with Crippen LogP contribution in [0.5, 0.6) is 0 Å². The molecule has 0 spiro atoms. The maximum atomic E-state index is 13.0. The van der Waals surface area contributed by atoms with E-state index in [0.29, 0.717) is 11.3 Å². The first-order chi connectivity index (χ1) is 14.7. The summed E-state index contributed by atoms with van der Waals surface area (Å²) in [5, 5.41) is 2.80. The lowest BCUT2D eigenvalue weighted by Crippen LogP contribution is -3.11. The molecule has 1 amide bonds. The lowest BCUT2D eigenvalue weighted by molar-refractivity contribution is -0.919. The second kappa shape index (κ2) is 9.68. The van der Waals surface area contributed by atoms with Crippen molar-refractivity contribution < 1.29 is 14.1 Å². The van der Waals surface area contributed by atoms with Crippen molar-refractivity contribution in [2.45, 2.75) is 25.8 Å². The van der Waals surface area contributed by atoms with E-state index in [-0.39, 0.29) is 11.7 Å². The zero-order valence-electron chi connectivity index (χ0n) is 17.1. The van der Waals surface area contributed by atoms with Crippen LogP contribution in [0.25, 0.3) is 0 Å². The number of quaternary nitrogens is 1. The summed E-state index contributed by atoms with van der Waals surface area (Å²) < 4.78 is 13.0. The third kappa shape index (κ3) is 5.55. The van der Waals surface area contributed by atoms with E-state index in [1.165, 1.54) is 55.6 Å². The molecule has 1 aliphatic heterocycles. The Balaban J connectivity index is 1.25. The van der Waals surface area contributed by atoms with Gasteiger partial charge in [-0.15, -0.1) is 0 Å². The minimum atomic E-state index is -0.316. The molecule has 0 saturated carbocycles. The van der Waals surface area contributed by atoms with E-state index in [4.69, 9.17) is 0 Å². The third-order valence-corrected chi connectivity index (χ3v) is 5.95. The van der Waals surface area contributed by atoms with Gasteiger partial charge < -0.3 is 10.2 Å². The molecule has 1 heterocycles. The van der Waals surface area contributed by atoms with Crippen molar-refractivity contribution in [2.75, 3.05) is 18.4 Å². The number of anilines is 1. The summed E-state index contributed by atoms with van der Waals surface area (Å²) in [5.41, 5.74) is 3.90. The maximum Gasteiger partial charge on any atom is 0.255 e. The molecule has 2 N–H and O–H groups in total. The highest BCUT2D eigenvalue weighted by Gasteiger charge is 2.22. The van der Waals surface area contributed by atoms with Crippen molar-refractivity contribution in [2.24, 2.45) is 5.92 Å². The minimum absolute atomic E-state index is 0.178. The van der Waals surface area contributed by atoms with Crippen LogP contribution in [-0.4, -0.2) is 19.0 Å². The monoisotopic (exact) mass is 403 g/mol. The first kappa shape index (κ1) is 20.3. The van der Waals surface area contributed by atoms with E-state index >= 15 is 0 Å². The molecule has 154 valence electrons. The van der Waals surface area contributed by atoms with Crippen LogP contribution in [-0.2, 0) is 13.0 Å². The molecule has 1 saturated heterocycles. The van der Waals surface area contributed by atoms with Crippen LogP contribution in [0.2, 0.25) is 0 Å². The fourth-order valence-corrected chi connectivity index (χ4v) is 4.21. The molecule has 1 aliphatic rings. The zero-order chi connectivity index (χ0) is 20.8. The summed E-state index contributed by atoms with van der Waals surface area (Å²) in [6.45, 7) is 3.40. The van der Waals surface area contributed by atoms with Crippen molar-refractivity contribution in [1.29, 1.82) is 0 Å². The van der Waals surface area contributed by atoms with Gasteiger partial charge in [-0.1, -0.05) is 42.5 Å². The van der Waals surface area contributed by atoms with Gasteiger partial charge in [-0.2, -0.15) is 0 Å². The number of carbonyl (C=O) groups excluding carboxylic acids is 1. The highest BCUT2D eigenvalue weighted by atomic mass is 19.1. The van der Waals surface area contributed by atoms with Crippen molar-refractivity contribution in [1.82, 2.24) is 0 Å². The van der Waals surface area contributed by atoms with E-state index < -0.39 is 0 Å². The lowest BCUT2D eigenvalue weighted by atomic mass is 9.90. The summed E-state index contributed by atoms with van der Waals surface area (Å²) in [6, 6.07) is 24.4. The molecule has 0 atom stereocenters. The van der Waals surface area contributed by atoms with Crippen LogP contribution >= 0.6 is 0 Å². The van der Waals surface area contributed by atoms with Gasteiger partial charge in [0.25, 0.3) is 5.91 Å². The van der Waals surface area contributed by atoms with Crippen molar-refractivity contribution >= 4 is 11.6 Å². The van der Waals surface area contributed by atoms with Crippen LogP contribution in [0.3, 0.4) is 0 Å². The van der Waals surface area contributed by atoms with Crippen molar-refractivity contribution in [3.05, 3.63) is 101 Å². The number of amides is 1. The van der Waals surface area contributed by atoms with Gasteiger partial charge in [-0.05, 0) is 67.1 Å². The quantitative estimate of drug-likeness (QED) is 0.638. The summed E-state index contributed by atoms with van der Waals surface area (Å²) in [6.07, 6.45) is 3.72. The van der Waals surface area contributed by atoms with Crippen LogP contribution in [0.4, 0.5) is 10.1 Å². The molecule has 0 aliphatic carbocycles. The molecule has 0 bridgehead atoms. The first-order valence-electron chi connectivity index (χ1n) is 10.7. The van der Waals surface area contributed by atoms with Gasteiger partial charge in [0.05, 0.1) is 13.1 Å². The highest BCUT2D eigenvalue weighted by molar-refractivity contribution is 6.04. The Kier molecular flexibility index (Phi) is 6.55. The fourth-order valence-electron chi connectivity index (χ4n) is 4.21. The molecule has 4 heteroatoms. The highest BCUT2D eigenvalue weighted by Crippen LogP contribution is 2.17. The van der Waals surface area contributed by atoms with Gasteiger partial charge in [0.1, 0.15) is 12.4 Å². The topological polar surface area (TPSA) is 33.5 Å². The predicted octanol–water partition coefficient (Wildman–Crippen LogP) is 4.12. The molecule has 3 nitrogen and oxygen atoms in total. The smallest absolute Gasteiger partial charge is 0.255 e. The van der Waals surface area contributed by atoms with Gasteiger partial charge in [0, 0.05) is 16.8 Å². The Morgan fingerprint density at radius 2 is 1.53 bits per heavy atom. The number of hydrogen-bond acceptors (Lipinski definition) is 1. The number of carbonyl (C=O) groups is 1. The molecule has 0 radical (unpaired) electrons. The number of hydrogen-bond donors (Lipinski definition) is 2. The Labute approximate surface area is 177 Å². The van der Waals surface area contributed by atoms with Gasteiger partial charge in [-0.3, -0.25) is 4.79 Å². The van der Waals surface area contributed by atoms with E-state index in [0.717, 1.165) is 12.5 Å². The summed E-state index contributed by atoms with van der Waals surface area (Å²) >= 11 is 0. The molecular formula is C26H28FN2O+. The Bertz CT molecular complexity index is 947. The molecule has 4 rings (SSSR count). The van der Waals surface area contributed by atoms with E-state index in [2.05, 4.69) is 35.6 Å². The summed E-state index contributed by atoms with van der Waals surface area (Å²) in [5.74, 6) is 0.292. The van der Waals surface area contributed by atoms with Gasteiger partial charge in [-0.25, -0.2) is 4.39 Å². The van der Waals surface area contributed by atoms with Crippen LogP contribution in [0, 0.1) is 11.7 Å². The number of halogens is 1. The van der Waals surface area contributed by atoms with E-state index in [1.807, 2.05) is 24.3 Å². The van der Waals surface area contributed by atoms with Crippen LogP contribution in [0.15, 0.2) is 78.9 Å². The number of nitrogens with one attached hydrogen (secondary N) is 2. The normalized spacial score (nSPS) is 18.7. The second-order valence-electron chi connectivity index (χ2n) is 8.22. The molecule has 0 aromatic heterocycles. The zero-order valence-corrected chi connectivity index (χ0v) is 17.1. The average molecular weight is 404 g/mol. The molecule has 0 unspecified atom stereocenters. The molecular weight excluding hydrogens is 375 g/mol. The molecule has 30 heavy (non-hydrogen) atoms. The van der Waals surface area contributed by atoms with Crippen LogP contribution < -0.4 is 10.2 Å². The van der Waals surface area contributed by atoms with Gasteiger partial charge in [0.15, 0.2) is 0 Å².